The quantitative estimate of drug-likeness (QED) is 0.726. The lowest BCUT2D eigenvalue weighted by molar-refractivity contribution is 0.362. The number of rotatable bonds is 4. The topological polar surface area (TPSA) is 18.5 Å². The lowest BCUT2D eigenvalue weighted by Gasteiger charge is -2.05. The molecule has 0 atom stereocenters. The summed E-state index contributed by atoms with van der Waals surface area (Å²) in [6, 6.07) is 11.0. The highest BCUT2D eigenvalue weighted by Gasteiger charge is 1.98. The van der Waals surface area contributed by atoms with Gasteiger partial charge in [-0.2, -0.15) is 0 Å². The van der Waals surface area contributed by atoms with Gasteiger partial charge in [0.05, 0.1) is 0 Å². The third kappa shape index (κ3) is 4.87. The predicted molar refractivity (Wildman–Crippen MR) is 91.1 cm³/mol. The van der Waals surface area contributed by atoms with Crippen LogP contribution in [0.25, 0.3) is 0 Å². The Hall–Kier alpha value is -1.82. The van der Waals surface area contributed by atoms with Crippen molar-refractivity contribution in [3.8, 4) is 23.3 Å². The number of hydrogen-bond donors (Lipinski definition) is 0. The number of halogens is 2. The first-order valence-electron chi connectivity index (χ1n) is 6.80. The zero-order valence-corrected chi connectivity index (χ0v) is 14.0. The zero-order chi connectivity index (χ0) is 15.9. The molecule has 0 amide bonds. The van der Waals surface area contributed by atoms with E-state index in [-0.39, 0.29) is 0 Å². The maximum Gasteiger partial charge on any atom is 0.149 e. The molecule has 0 fully saturated rings. The van der Waals surface area contributed by atoms with Crippen molar-refractivity contribution >= 4 is 23.2 Å². The third-order valence-electron chi connectivity index (χ3n) is 3.01. The number of benzene rings is 2. The van der Waals surface area contributed by atoms with Gasteiger partial charge in [0.2, 0.25) is 0 Å². The molecule has 0 saturated carbocycles. The van der Waals surface area contributed by atoms with E-state index in [0.29, 0.717) is 13.2 Å². The molecule has 4 heteroatoms. The van der Waals surface area contributed by atoms with E-state index in [2.05, 4.69) is 11.8 Å². The van der Waals surface area contributed by atoms with Gasteiger partial charge in [0.1, 0.15) is 24.7 Å². The highest BCUT2D eigenvalue weighted by atomic mass is 35.5. The predicted octanol–water partition coefficient (Wildman–Crippen LogP) is 5.07. The van der Waals surface area contributed by atoms with Crippen LogP contribution in [-0.4, -0.2) is 13.2 Å². The lowest BCUT2D eigenvalue weighted by atomic mass is 10.2. The summed E-state index contributed by atoms with van der Waals surface area (Å²) in [6.45, 7) is 4.49. The molecule has 0 radical (unpaired) electrons. The fourth-order valence-corrected chi connectivity index (χ4v) is 1.99. The van der Waals surface area contributed by atoms with Gasteiger partial charge in [-0.05, 0) is 61.4 Å². The molecule has 2 rings (SSSR count). The minimum atomic E-state index is 0.310. The highest BCUT2D eigenvalue weighted by Crippen LogP contribution is 2.21. The smallest absolute Gasteiger partial charge is 0.149 e. The fraction of sp³-hybridized carbons (Fsp3) is 0.222. The highest BCUT2D eigenvalue weighted by molar-refractivity contribution is 6.31. The monoisotopic (exact) mass is 334 g/mol. The Labute approximate surface area is 141 Å². The van der Waals surface area contributed by atoms with Crippen molar-refractivity contribution in [2.75, 3.05) is 13.2 Å². The summed E-state index contributed by atoms with van der Waals surface area (Å²) < 4.78 is 11.0. The van der Waals surface area contributed by atoms with Crippen LogP contribution in [0.5, 0.6) is 11.5 Å². The van der Waals surface area contributed by atoms with E-state index in [0.717, 1.165) is 32.7 Å². The van der Waals surface area contributed by atoms with Crippen molar-refractivity contribution in [1.29, 1.82) is 0 Å². The average Bonchev–Trinajstić information content (AvgIpc) is 2.50. The van der Waals surface area contributed by atoms with Crippen LogP contribution >= 0.6 is 23.2 Å². The molecular formula is C18H16Cl2O2. The van der Waals surface area contributed by atoms with E-state index < -0.39 is 0 Å². The van der Waals surface area contributed by atoms with E-state index in [1.54, 1.807) is 0 Å². The van der Waals surface area contributed by atoms with Crippen molar-refractivity contribution < 1.29 is 9.47 Å². The van der Waals surface area contributed by atoms with Crippen LogP contribution in [0.4, 0.5) is 0 Å². The molecule has 0 heterocycles. The maximum absolute atomic E-state index is 5.95. The second-order valence-corrected chi connectivity index (χ2v) is 5.57. The molecule has 0 N–H and O–H groups in total. The van der Waals surface area contributed by atoms with E-state index in [1.165, 1.54) is 0 Å². The summed E-state index contributed by atoms with van der Waals surface area (Å²) in [6.07, 6.45) is 0. The number of ether oxygens (including phenoxy) is 2. The van der Waals surface area contributed by atoms with Crippen molar-refractivity contribution in [2.24, 2.45) is 0 Å². The van der Waals surface area contributed by atoms with Crippen molar-refractivity contribution in [1.82, 2.24) is 0 Å². The second kappa shape index (κ2) is 7.98. The van der Waals surface area contributed by atoms with Gasteiger partial charge in [-0.3, -0.25) is 0 Å². The molecule has 0 aliphatic carbocycles. The molecule has 2 nitrogen and oxygen atoms in total. The van der Waals surface area contributed by atoms with Crippen LogP contribution in [0.3, 0.4) is 0 Å². The van der Waals surface area contributed by atoms with Gasteiger partial charge in [0.25, 0.3) is 0 Å². The summed E-state index contributed by atoms with van der Waals surface area (Å²) in [4.78, 5) is 0. The summed E-state index contributed by atoms with van der Waals surface area (Å²) in [7, 11) is 0. The van der Waals surface area contributed by atoms with Crippen LogP contribution in [0.2, 0.25) is 10.0 Å². The van der Waals surface area contributed by atoms with Crippen molar-refractivity contribution in [2.45, 2.75) is 13.8 Å². The SMILES string of the molecule is Cc1cc(OCC#CCOc2ccc(Cl)c(C)c2)ccc1Cl. The Balaban J connectivity index is 1.77. The third-order valence-corrected chi connectivity index (χ3v) is 3.85. The first-order valence-corrected chi connectivity index (χ1v) is 7.55. The molecule has 2 aromatic carbocycles. The maximum atomic E-state index is 5.95. The average molecular weight is 335 g/mol. The van der Waals surface area contributed by atoms with E-state index in [4.69, 9.17) is 32.7 Å². The molecule has 0 unspecified atom stereocenters. The van der Waals surface area contributed by atoms with Gasteiger partial charge in [-0.15, -0.1) is 0 Å². The standard InChI is InChI=1S/C18H16Cl2O2/c1-13-11-15(5-7-17(13)19)21-9-3-4-10-22-16-6-8-18(20)14(2)12-16/h5-8,11-12H,9-10H2,1-2H3. The Morgan fingerprint density at radius 2 is 1.18 bits per heavy atom. The van der Waals surface area contributed by atoms with Crippen LogP contribution in [0.15, 0.2) is 36.4 Å². The normalized spacial score (nSPS) is 9.82. The molecule has 0 spiro atoms. The molecule has 0 aliphatic heterocycles. The first kappa shape index (κ1) is 16.5. The summed E-state index contributed by atoms with van der Waals surface area (Å²) >= 11 is 11.9. The molecule has 22 heavy (non-hydrogen) atoms. The lowest BCUT2D eigenvalue weighted by Crippen LogP contribution is -1.97. The van der Waals surface area contributed by atoms with Crippen molar-refractivity contribution in [3.63, 3.8) is 0 Å². The van der Waals surface area contributed by atoms with Gasteiger partial charge in [0.15, 0.2) is 0 Å². The van der Waals surface area contributed by atoms with Crippen LogP contribution in [0, 0.1) is 25.7 Å². The molecule has 114 valence electrons. The van der Waals surface area contributed by atoms with Gasteiger partial charge in [-0.1, -0.05) is 35.0 Å². The summed E-state index contributed by atoms with van der Waals surface area (Å²) in [5.41, 5.74) is 1.96. The summed E-state index contributed by atoms with van der Waals surface area (Å²) in [5.74, 6) is 7.33. The number of hydrogen-bond acceptors (Lipinski definition) is 2. The number of aryl methyl sites for hydroxylation is 2. The van der Waals surface area contributed by atoms with Crippen LogP contribution < -0.4 is 9.47 Å². The van der Waals surface area contributed by atoms with Crippen LogP contribution in [0.1, 0.15) is 11.1 Å². The fourth-order valence-electron chi connectivity index (χ4n) is 1.75. The first-order chi connectivity index (χ1) is 10.6. The summed E-state index contributed by atoms with van der Waals surface area (Å²) in [5, 5.41) is 1.45. The molecule has 0 aromatic heterocycles. The van der Waals surface area contributed by atoms with Gasteiger partial charge >= 0.3 is 0 Å². The minimum Gasteiger partial charge on any atom is -0.481 e. The minimum absolute atomic E-state index is 0.310. The Morgan fingerprint density at radius 1 is 0.773 bits per heavy atom. The van der Waals surface area contributed by atoms with Gasteiger partial charge in [-0.25, -0.2) is 0 Å². The molecule has 0 saturated heterocycles. The zero-order valence-electron chi connectivity index (χ0n) is 12.5. The van der Waals surface area contributed by atoms with Crippen molar-refractivity contribution in [3.05, 3.63) is 57.6 Å². The molecule has 2 aromatic rings. The second-order valence-electron chi connectivity index (χ2n) is 4.75. The van der Waals surface area contributed by atoms with Gasteiger partial charge in [0, 0.05) is 10.0 Å². The largest absolute Gasteiger partial charge is 0.481 e. The van der Waals surface area contributed by atoms with E-state index in [1.807, 2.05) is 50.2 Å². The molecule has 0 bridgehead atoms. The van der Waals surface area contributed by atoms with E-state index in [9.17, 15) is 0 Å². The van der Waals surface area contributed by atoms with Crippen LogP contribution in [-0.2, 0) is 0 Å². The van der Waals surface area contributed by atoms with Gasteiger partial charge < -0.3 is 9.47 Å². The Bertz CT molecular complexity index is 655. The van der Waals surface area contributed by atoms with E-state index >= 15 is 0 Å². The molecular weight excluding hydrogens is 319 g/mol. The molecule has 0 aliphatic rings. The Kier molecular flexibility index (Phi) is 6.00. The Morgan fingerprint density at radius 3 is 1.55 bits per heavy atom.